The van der Waals surface area contributed by atoms with Crippen molar-refractivity contribution in [3.63, 3.8) is 0 Å². The van der Waals surface area contributed by atoms with E-state index in [-0.39, 0.29) is 0 Å². The van der Waals surface area contributed by atoms with Gasteiger partial charge in [0.2, 0.25) is 0 Å². The summed E-state index contributed by atoms with van der Waals surface area (Å²) in [6.45, 7) is 0. The van der Waals surface area contributed by atoms with E-state index >= 15 is 0 Å². The van der Waals surface area contributed by atoms with Crippen molar-refractivity contribution < 1.29 is 0 Å². The van der Waals surface area contributed by atoms with Crippen LogP contribution < -0.4 is 0 Å². The van der Waals surface area contributed by atoms with Crippen LogP contribution in [0.15, 0.2) is 182 Å². The standard InChI is InChI=1S/C52H30N4/c53-31-43-49(37-27-25-33-13-1-3-15-35(33)29-37)51(55-45-21-9-5-17-39(45)40-18-6-10-22-46(40)55)44(32-54)50(38-28-26-34-14-2-4-16-36(34)30-38)52(43)56-47-23-11-7-19-41(47)42-20-8-12-24-48(42)56/h1-30H. The van der Waals surface area contributed by atoms with Gasteiger partial charge in [0.1, 0.15) is 12.1 Å². The second-order valence-corrected chi connectivity index (χ2v) is 14.3. The first-order valence-electron chi connectivity index (χ1n) is 18.7. The van der Waals surface area contributed by atoms with Gasteiger partial charge in [-0.3, -0.25) is 0 Å². The molecule has 0 atom stereocenters. The van der Waals surface area contributed by atoms with Gasteiger partial charge in [0.15, 0.2) is 0 Å². The second kappa shape index (κ2) is 12.3. The van der Waals surface area contributed by atoms with Crippen LogP contribution in [0.3, 0.4) is 0 Å². The third kappa shape index (κ3) is 4.51. The van der Waals surface area contributed by atoms with Crippen molar-refractivity contribution in [2.45, 2.75) is 0 Å². The van der Waals surface area contributed by atoms with E-state index in [1.165, 1.54) is 0 Å². The molecule has 11 rings (SSSR count). The van der Waals surface area contributed by atoms with Crippen molar-refractivity contribution in [3.8, 4) is 45.8 Å². The second-order valence-electron chi connectivity index (χ2n) is 14.3. The zero-order chi connectivity index (χ0) is 37.3. The van der Waals surface area contributed by atoms with Crippen LogP contribution in [0.25, 0.3) is 98.8 Å². The summed E-state index contributed by atoms with van der Waals surface area (Å²) in [6.07, 6.45) is 0. The number of para-hydroxylation sites is 4. The van der Waals surface area contributed by atoms with Gasteiger partial charge in [-0.05, 0) is 69.1 Å². The van der Waals surface area contributed by atoms with E-state index in [2.05, 4.69) is 155 Å². The Labute approximate surface area is 322 Å². The van der Waals surface area contributed by atoms with Gasteiger partial charge < -0.3 is 9.13 Å². The summed E-state index contributed by atoms with van der Waals surface area (Å²) in [5.74, 6) is 0. The number of rotatable bonds is 4. The molecule has 56 heavy (non-hydrogen) atoms. The maximum Gasteiger partial charge on any atom is 0.102 e. The Morgan fingerprint density at radius 2 is 0.625 bits per heavy atom. The molecule has 0 saturated heterocycles. The normalized spacial score (nSPS) is 11.5. The Hall–Kier alpha value is -7.92. The Balaban J connectivity index is 1.43. The minimum atomic E-state index is 0.491. The highest BCUT2D eigenvalue weighted by Crippen LogP contribution is 2.49. The van der Waals surface area contributed by atoms with E-state index in [9.17, 15) is 10.5 Å². The van der Waals surface area contributed by atoms with Crippen molar-refractivity contribution >= 4 is 65.2 Å². The number of fused-ring (bicyclic) bond motifs is 8. The molecule has 4 heteroatoms. The van der Waals surface area contributed by atoms with E-state index in [1.54, 1.807) is 0 Å². The van der Waals surface area contributed by atoms with E-state index in [0.29, 0.717) is 33.6 Å². The summed E-state index contributed by atoms with van der Waals surface area (Å²) in [5, 5.41) is 32.3. The zero-order valence-electron chi connectivity index (χ0n) is 30.1. The molecule has 258 valence electrons. The highest BCUT2D eigenvalue weighted by atomic mass is 15.0. The Morgan fingerprint density at radius 1 is 0.321 bits per heavy atom. The van der Waals surface area contributed by atoms with E-state index in [4.69, 9.17) is 0 Å². The van der Waals surface area contributed by atoms with Crippen LogP contribution in [0.4, 0.5) is 0 Å². The van der Waals surface area contributed by atoms with E-state index in [0.717, 1.165) is 76.3 Å². The van der Waals surface area contributed by atoms with Crippen molar-refractivity contribution in [1.82, 2.24) is 9.13 Å². The predicted octanol–water partition coefficient (Wildman–Crippen LogP) is 13.3. The number of nitriles is 2. The third-order valence-corrected chi connectivity index (χ3v) is 11.4. The molecular weight excluding hydrogens is 681 g/mol. The molecule has 0 unspecified atom stereocenters. The first-order chi connectivity index (χ1) is 27.7. The summed E-state index contributed by atoms with van der Waals surface area (Å²) >= 11 is 0. The van der Waals surface area contributed by atoms with Crippen LogP contribution >= 0.6 is 0 Å². The van der Waals surface area contributed by atoms with E-state index in [1.807, 2.05) is 48.5 Å². The lowest BCUT2D eigenvalue weighted by Crippen LogP contribution is -2.11. The minimum Gasteiger partial charge on any atom is -0.307 e. The number of benzene rings is 9. The van der Waals surface area contributed by atoms with Gasteiger partial charge in [-0.2, -0.15) is 10.5 Å². The number of hydrogen-bond acceptors (Lipinski definition) is 2. The van der Waals surface area contributed by atoms with Crippen LogP contribution in [0.5, 0.6) is 0 Å². The topological polar surface area (TPSA) is 57.4 Å². The Bertz CT molecular complexity index is 3170. The van der Waals surface area contributed by atoms with Gasteiger partial charge in [-0.15, -0.1) is 0 Å². The first kappa shape index (κ1) is 31.6. The molecule has 0 aliphatic heterocycles. The predicted molar refractivity (Wildman–Crippen MR) is 230 cm³/mol. The van der Waals surface area contributed by atoms with Crippen LogP contribution in [0.2, 0.25) is 0 Å². The molecule has 2 aromatic heterocycles. The van der Waals surface area contributed by atoms with Crippen molar-refractivity contribution in [2.24, 2.45) is 0 Å². The van der Waals surface area contributed by atoms with Gasteiger partial charge in [0.05, 0.1) is 44.6 Å². The molecule has 0 radical (unpaired) electrons. The van der Waals surface area contributed by atoms with Crippen molar-refractivity contribution in [2.75, 3.05) is 0 Å². The maximum absolute atomic E-state index is 11.8. The van der Waals surface area contributed by atoms with Crippen molar-refractivity contribution in [3.05, 3.63) is 193 Å². The number of hydrogen-bond donors (Lipinski definition) is 0. The Kier molecular flexibility index (Phi) is 6.95. The minimum absolute atomic E-state index is 0.491. The first-order valence-corrected chi connectivity index (χ1v) is 18.7. The Morgan fingerprint density at radius 3 is 0.964 bits per heavy atom. The molecule has 0 amide bonds. The molecule has 0 aliphatic carbocycles. The fourth-order valence-electron chi connectivity index (χ4n) is 8.97. The molecule has 0 N–H and O–H groups in total. The molecule has 4 nitrogen and oxygen atoms in total. The van der Waals surface area contributed by atoms with Gasteiger partial charge in [0, 0.05) is 32.7 Å². The molecule has 0 bridgehead atoms. The summed E-state index contributed by atoms with van der Waals surface area (Å²) in [6, 6.07) is 68.3. The largest absolute Gasteiger partial charge is 0.307 e. The molecule has 0 spiro atoms. The van der Waals surface area contributed by atoms with Gasteiger partial charge in [-0.25, -0.2) is 0 Å². The van der Waals surface area contributed by atoms with Gasteiger partial charge >= 0.3 is 0 Å². The average molecular weight is 711 g/mol. The SMILES string of the molecule is N#Cc1c(-c2ccc3ccccc3c2)c(-n2c3ccccc3c3ccccc32)c(C#N)c(-c2ccc3ccccc3c2)c1-n1c2ccccc2c2ccccc21. The zero-order valence-corrected chi connectivity index (χ0v) is 30.1. The summed E-state index contributed by atoms with van der Waals surface area (Å²) in [7, 11) is 0. The molecule has 9 aromatic carbocycles. The highest BCUT2D eigenvalue weighted by Gasteiger charge is 2.31. The lowest BCUT2D eigenvalue weighted by molar-refractivity contribution is 1.13. The van der Waals surface area contributed by atoms with Crippen LogP contribution in [-0.2, 0) is 0 Å². The lowest BCUT2D eigenvalue weighted by atomic mass is 9.85. The number of aromatic nitrogens is 2. The van der Waals surface area contributed by atoms with Crippen LogP contribution in [0.1, 0.15) is 11.1 Å². The summed E-state index contributed by atoms with van der Waals surface area (Å²) in [5.41, 5.74) is 9.35. The maximum atomic E-state index is 11.8. The third-order valence-electron chi connectivity index (χ3n) is 11.4. The molecule has 0 saturated carbocycles. The van der Waals surface area contributed by atoms with Crippen LogP contribution in [-0.4, -0.2) is 9.13 Å². The fourth-order valence-corrected chi connectivity index (χ4v) is 8.97. The summed E-state index contributed by atoms with van der Waals surface area (Å²) < 4.78 is 4.43. The summed E-state index contributed by atoms with van der Waals surface area (Å²) in [4.78, 5) is 0. The smallest absolute Gasteiger partial charge is 0.102 e. The molecule has 0 aliphatic rings. The molecule has 11 aromatic rings. The van der Waals surface area contributed by atoms with E-state index < -0.39 is 0 Å². The fraction of sp³-hybridized carbons (Fsp3) is 0. The van der Waals surface area contributed by atoms with Crippen LogP contribution in [0, 0.1) is 22.7 Å². The molecule has 2 heterocycles. The monoisotopic (exact) mass is 710 g/mol. The average Bonchev–Trinajstić information content (AvgIpc) is 3.78. The number of nitrogens with zero attached hydrogens (tertiary/aromatic N) is 4. The molecular formula is C52H30N4. The quantitative estimate of drug-likeness (QED) is 0.183. The highest BCUT2D eigenvalue weighted by molar-refractivity contribution is 6.13. The molecule has 0 fully saturated rings. The van der Waals surface area contributed by atoms with Gasteiger partial charge in [-0.1, -0.05) is 146 Å². The van der Waals surface area contributed by atoms with Crippen molar-refractivity contribution in [1.29, 1.82) is 10.5 Å². The lowest BCUT2D eigenvalue weighted by Gasteiger charge is -2.25. The van der Waals surface area contributed by atoms with Gasteiger partial charge in [0.25, 0.3) is 0 Å².